The first-order valence-corrected chi connectivity index (χ1v) is 10.5. The quantitative estimate of drug-likeness (QED) is 0.475. The molecule has 3 aromatic carbocycles. The van der Waals surface area contributed by atoms with Gasteiger partial charge in [-0.2, -0.15) is 13.2 Å². The van der Waals surface area contributed by atoms with E-state index in [0.29, 0.717) is 0 Å². The Bertz CT molecular complexity index is 1120. The predicted molar refractivity (Wildman–Crippen MR) is 122 cm³/mol. The molecule has 2 N–H and O–H groups in total. The van der Waals surface area contributed by atoms with Crippen molar-refractivity contribution < 1.29 is 23.1 Å². The van der Waals surface area contributed by atoms with Crippen LogP contribution in [0, 0.1) is 0 Å². The van der Waals surface area contributed by atoms with Gasteiger partial charge in [0, 0.05) is 11.4 Å². The number of nitrogens with one attached hydrogen (secondary N) is 1. The number of benzene rings is 3. The largest absolute Gasteiger partial charge is 0.490 e. The number of aliphatic carboxylic acids is 1. The fourth-order valence-corrected chi connectivity index (χ4v) is 3.89. The Hall–Kier alpha value is -3.32. The third-order valence-corrected chi connectivity index (χ3v) is 5.47. The molecule has 0 spiro atoms. The Morgan fingerprint density at radius 1 is 1.03 bits per heavy atom. The van der Waals surface area contributed by atoms with Crippen LogP contribution in [0.2, 0.25) is 5.02 Å². The number of amidine groups is 1. The fourth-order valence-electron chi connectivity index (χ4n) is 3.68. The number of hydrogen-bond acceptors (Lipinski definition) is 3. The number of aliphatic imine (C=N–C) groups is 1. The van der Waals surface area contributed by atoms with E-state index in [2.05, 4.69) is 66.8 Å². The number of carboxylic acids is 1. The lowest BCUT2D eigenvalue weighted by atomic mass is 9.82. The zero-order valence-corrected chi connectivity index (χ0v) is 18.4. The number of rotatable bonds is 4. The Morgan fingerprint density at radius 3 is 2.15 bits per heavy atom. The molecule has 0 fully saturated rings. The van der Waals surface area contributed by atoms with Crippen molar-refractivity contribution in [3.8, 4) is 0 Å². The topological polar surface area (TPSA) is 61.7 Å². The summed E-state index contributed by atoms with van der Waals surface area (Å²) >= 11 is 6.15. The Labute approximate surface area is 194 Å². The van der Waals surface area contributed by atoms with Crippen molar-refractivity contribution in [1.29, 1.82) is 0 Å². The van der Waals surface area contributed by atoms with Gasteiger partial charge < -0.3 is 10.4 Å². The van der Waals surface area contributed by atoms with E-state index in [4.69, 9.17) is 26.5 Å². The van der Waals surface area contributed by atoms with Gasteiger partial charge >= 0.3 is 12.1 Å². The van der Waals surface area contributed by atoms with E-state index in [1.54, 1.807) is 0 Å². The lowest BCUT2D eigenvalue weighted by molar-refractivity contribution is -0.192. The molecular weight excluding hydrogens is 453 g/mol. The molecule has 1 heterocycles. The molecule has 8 heteroatoms. The molecule has 0 unspecified atom stereocenters. The number of nitrogens with zero attached hydrogens (tertiary/aromatic N) is 1. The molecule has 4 nitrogen and oxygen atoms in total. The highest BCUT2D eigenvalue weighted by molar-refractivity contribution is 6.30. The summed E-state index contributed by atoms with van der Waals surface area (Å²) in [6.45, 7) is 2.21. The van der Waals surface area contributed by atoms with E-state index in [-0.39, 0.29) is 11.6 Å². The van der Waals surface area contributed by atoms with Crippen molar-refractivity contribution in [2.75, 3.05) is 0 Å². The first-order valence-electron chi connectivity index (χ1n) is 10.1. The molecule has 33 heavy (non-hydrogen) atoms. The fraction of sp³-hybridized carbons (Fsp3) is 0.200. The monoisotopic (exact) mass is 474 g/mol. The van der Waals surface area contributed by atoms with Crippen LogP contribution in [0.15, 0.2) is 89.9 Å². The highest BCUT2D eigenvalue weighted by Gasteiger charge is 2.42. The summed E-state index contributed by atoms with van der Waals surface area (Å²) in [5.74, 6) is -1.76. The van der Waals surface area contributed by atoms with Crippen LogP contribution in [0.25, 0.3) is 0 Å². The molecule has 0 saturated heterocycles. The summed E-state index contributed by atoms with van der Waals surface area (Å²) in [6, 6.07) is 29.1. The maximum Gasteiger partial charge on any atom is 0.490 e. The van der Waals surface area contributed by atoms with Crippen LogP contribution >= 0.6 is 11.6 Å². The third kappa shape index (κ3) is 6.14. The van der Waals surface area contributed by atoms with Crippen molar-refractivity contribution in [3.05, 3.63) is 107 Å². The van der Waals surface area contributed by atoms with Gasteiger partial charge in [-0.25, -0.2) is 4.79 Å². The molecule has 1 aliphatic rings. The summed E-state index contributed by atoms with van der Waals surface area (Å²) in [5, 5.41) is 11.6. The van der Waals surface area contributed by atoms with Crippen molar-refractivity contribution in [2.45, 2.75) is 31.1 Å². The molecule has 0 saturated carbocycles. The number of carbonyl (C=O) groups is 1. The van der Waals surface area contributed by atoms with E-state index >= 15 is 0 Å². The molecule has 0 aliphatic carbocycles. The summed E-state index contributed by atoms with van der Waals surface area (Å²) in [4.78, 5) is 14.0. The Kier molecular flexibility index (Phi) is 7.43. The average Bonchev–Trinajstić information content (AvgIpc) is 3.12. The van der Waals surface area contributed by atoms with Gasteiger partial charge in [-0.15, -0.1) is 0 Å². The Balaban J connectivity index is 0.000000383. The summed E-state index contributed by atoms with van der Waals surface area (Å²) in [5.41, 5.74) is 3.26. The highest BCUT2D eigenvalue weighted by atomic mass is 35.5. The summed E-state index contributed by atoms with van der Waals surface area (Å²) in [7, 11) is 0. The Morgan fingerprint density at radius 2 is 1.61 bits per heavy atom. The number of hydrogen-bond donors (Lipinski definition) is 2. The number of carboxylic acid groups (broad SMARTS) is 1. The van der Waals surface area contributed by atoms with Gasteiger partial charge in [0.25, 0.3) is 0 Å². The van der Waals surface area contributed by atoms with Crippen LogP contribution < -0.4 is 5.32 Å². The average molecular weight is 475 g/mol. The standard InChI is InChI=1S/C23H21ClN2.C2HF3O2/c1-23(19-12-6-3-7-13-19)22(18-10-4-2-5-11-18)25-21(26-23)16-17-9-8-14-20(24)15-17;3-2(4,5)1(6)7/h2-15,22H,16H2,1H3,(H,25,26);(H,6,7)/t22-,23+;/m1./s1. The predicted octanol–water partition coefficient (Wildman–Crippen LogP) is 6.17. The second-order valence-electron chi connectivity index (χ2n) is 7.67. The second-order valence-corrected chi connectivity index (χ2v) is 8.11. The van der Waals surface area contributed by atoms with Gasteiger partial charge in [-0.1, -0.05) is 84.4 Å². The van der Waals surface area contributed by atoms with Crippen molar-refractivity contribution >= 4 is 23.4 Å². The molecule has 4 rings (SSSR count). The normalized spacial score (nSPS) is 19.7. The van der Waals surface area contributed by atoms with Crippen molar-refractivity contribution in [1.82, 2.24) is 5.32 Å². The van der Waals surface area contributed by atoms with Gasteiger partial charge in [-0.3, -0.25) is 4.99 Å². The van der Waals surface area contributed by atoms with E-state index in [1.807, 2.05) is 30.3 Å². The molecule has 1 aliphatic heterocycles. The van der Waals surface area contributed by atoms with Crippen LogP contribution in [-0.2, 0) is 16.8 Å². The van der Waals surface area contributed by atoms with Gasteiger partial charge in [0.05, 0.1) is 6.04 Å². The molecule has 0 aromatic heterocycles. The van der Waals surface area contributed by atoms with Gasteiger partial charge in [-0.05, 0) is 35.7 Å². The lowest BCUT2D eigenvalue weighted by Crippen LogP contribution is -2.33. The van der Waals surface area contributed by atoms with Gasteiger partial charge in [0.2, 0.25) is 0 Å². The van der Waals surface area contributed by atoms with Crippen LogP contribution in [-0.4, -0.2) is 23.1 Å². The van der Waals surface area contributed by atoms with E-state index in [0.717, 1.165) is 22.8 Å². The highest BCUT2D eigenvalue weighted by Crippen LogP contribution is 2.42. The van der Waals surface area contributed by atoms with Crippen LogP contribution in [0.4, 0.5) is 13.2 Å². The maximum absolute atomic E-state index is 10.6. The minimum Gasteiger partial charge on any atom is -0.475 e. The van der Waals surface area contributed by atoms with Crippen molar-refractivity contribution in [3.63, 3.8) is 0 Å². The van der Waals surface area contributed by atoms with Crippen LogP contribution in [0.3, 0.4) is 0 Å². The molecule has 2 atom stereocenters. The summed E-state index contributed by atoms with van der Waals surface area (Å²) < 4.78 is 31.7. The zero-order chi connectivity index (χ0) is 24.1. The van der Waals surface area contributed by atoms with E-state index in [1.165, 1.54) is 11.1 Å². The lowest BCUT2D eigenvalue weighted by Gasteiger charge is -2.30. The van der Waals surface area contributed by atoms with Gasteiger partial charge in [0.15, 0.2) is 0 Å². The van der Waals surface area contributed by atoms with E-state index < -0.39 is 12.1 Å². The number of alkyl halides is 3. The molecule has 3 aromatic rings. The SMILES string of the molecule is C[C@@]1(c2ccccc2)N=C(Cc2cccc(Cl)c2)N[C@@H]1c1ccccc1.O=C(O)C(F)(F)F. The number of halogens is 4. The molecule has 0 bridgehead atoms. The maximum atomic E-state index is 10.6. The molecule has 0 radical (unpaired) electrons. The van der Waals surface area contributed by atoms with Crippen molar-refractivity contribution in [2.24, 2.45) is 4.99 Å². The zero-order valence-electron chi connectivity index (χ0n) is 17.7. The molecule has 172 valence electrons. The van der Waals surface area contributed by atoms with E-state index in [9.17, 15) is 13.2 Å². The smallest absolute Gasteiger partial charge is 0.475 e. The molecule has 0 amide bonds. The first kappa shape index (κ1) is 24.3. The van der Waals surface area contributed by atoms with Crippen LogP contribution in [0.5, 0.6) is 0 Å². The third-order valence-electron chi connectivity index (χ3n) is 5.23. The van der Waals surface area contributed by atoms with Gasteiger partial charge in [0.1, 0.15) is 11.4 Å². The second kappa shape index (κ2) is 10.1. The minimum atomic E-state index is -5.08. The summed E-state index contributed by atoms with van der Waals surface area (Å²) in [6.07, 6.45) is -4.34. The minimum absolute atomic E-state index is 0.0975. The van der Waals surface area contributed by atoms with Crippen LogP contribution in [0.1, 0.15) is 29.7 Å². The molecular formula is C25H22ClF3N2O2. The first-order chi connectivity index (χ1) is 15.6.